The fraction of sp³-hybridized carbons (Fsp3) is 0.333. The number of rotatable bonds is 1. The fourth-order valence-corrected chi connectivity index (χ4v) is 2.03. The number of benzene rings is 1. The van der Waals surface area contributed by atoms with Crippen molar-refractivity contribution in [1.82, 2.24) is 9.55 Å². The van der Waals surface area contributed by atoms with Gasteiger partial charge in [-0.1, -0.05) is 6.04 Å². The van der Waals surface area contributed by atoms with Gasteiger partial charge in [0.05, 0.1) is 27.5 Å². The lowest BCUT2D eigenvalue weighted by molar-refractivity contribution is -0.132. The van der Waals surface area contributed by atoms with E-state index in [4.69, 9.17) is 18.1 Å². The molecular formula is C15H15N3O3. The van der Waals surface area contributed by atoms with Crippen LogP contribution in [0, 0.1) is 6.88 Å². The van der Waals surface area contributed by atoms with Crippen LogP contribution in [0.25, 0.3) is 10.9 Å². The molecule has 1 aromatic carbocycles. The molecule has 0 saturated heterocycles. The number of carbonyl (C=O) groups is 2. The molecule has 1 aliphatic carbocycles. The summed E-state index contributed by atoms with van der Waals surface area (Å²) in [7, 11) is 0. The molecule has 0 aliphatic heterocycles. The van der Waals surface area contributed by atoms with E-state index in [0.29, 0.717) is 0 Å². The minimum atomic E-state index is -3.58. The fourth-order valence-electron chi connectivity index (χ4n) is 2.03. The van der Waals surface area contributed by atoms with Gasteiger partial charge < -0.3 is 5.73 Å². The number of hydrogen-bond acceptors (Lipinski definition) is 5. The van der Waals surface area contributed by atoms with Crippen LogP contribution in [-0.4, -0.2) is 21.1 Å². The second-order valence-electron chi connectivity index (χ2n) is 4.32. The van der Waals surface area contributed by atoms with Crippen LogP contribution >= 0.6 is 0 Å². The van der Waals surface area contributed by atoms with Crippen molar-refractivity contribution in [3.63, 3.8) is 0 Å². The summed E-state index contributed by atoms with van der Waals surface area (Å²) < 4.78 is 71.3. The first-order valence-corrected chi connectivity index (χ1v) is 5.84. The Morgan fingerprint density at radius 1 is 1.57 bits per heavy atom. The number of Topliss-reactive ketones (excluding diaryl/α,β-unsaturated/α-hetero) is 2. The molecule has 1 fully saturated rings. The summed E-state index contributed by atoms with van der Waals surface area (Å²) in [5.41, 5.74) is 3.53. The van der Waals surface area contributed by atoms with E-state index in [9.17, 15) is 14.4 Å². The average Bonchev–Trinajstić information content (AvgIpc) is 2.63. The van der Waals surface area contributed by atoms with E-state index < -0.39 is 78.2 Å². The van der Waals surface area contributed by atoms with Gasteiger partial charge >= 0.3 is 0 Å². The summed E-state index contributed by atoms with van der Waals surface area (Å²) in [5, 5.41) is -0.548. The SMILES string of the molecule is [2H]c1cc2nc(C([2H])[2H])n(C3([2H])C(=O)CC(=O)C([2H])([2H])C3([2H])[2H])c(=O)c2c(N)c1[2H]. The van der Waals surface area contributed by atoms with Gasteiger partial charge in [0.1, 0.15) is 11.6 Å². The van der Waals surface area contributed by atoms with Gasteiger partial charge in [0.2, 0.25) is 0 Å². The van der Waals surface area contributed by atoms with E-state index in [-0.39, 0.29) is 10.1 Å². The molecule has 1 aromatic heterocycles. The first-order valence-electron chi connectivity index (χ1n) is 10.5. The van der Waals surface area contributed by atoms with E-state index in [0.717, 1.165) is 6.07 Å². The molecule has 1 unspecified atom stereocenters. The van der Waals surface area contributed by atoms with Crippen LogP contribution in [-0.2, 0) is 9.59 Å². The van der Waals surface area contributed by atoms with Crippen molar-refractivity contribution < 1.29 is 21.9 Å². The third-order valence-electron chi connectivity index (χ3n) is 2.95. The highest BCUT2D eigenvalue weighted by Crippen LogP contribution is 2.24. The van der Waals surface area contributed by atoms with Crippen molar-refractivity contribution >= 4 is 28.2 Å². The van der Waals surface area contributed by atoms with Gasteiger partial charge in [-0.3, -0.25) is 19.0 Å². The Hall–Kier alpha value is -2.50. The van der Waals surface area contributed by atoms with Gasteiger partial charge in [0, 0.05) is 20.3 Å². The number of nitrogens with two attached hydrogens (primary N) is 1. The Balaban J connectivity index is 2.55. The molecule has 0 amide bonds. The number of ketones is 2. The summed E-state index contributed by atoms with van der Waals surface area (Å²) in [4.78, 5) is 41.7. The maximum atomic E-state index is 13.3. The Bertz CT molecular complexity index is 1180. The molecule has 6 heteroatoms. The summed E-state index contributed by atoms with van der Waals surface area (Å²) in [6, 6.07) is -3.42. The molecule has 1 atom stereocenters. The summed E-state index contributed by atoms with van der Waals surface area (Å²) in [6.07, 6.45) is -8.11. The molecule has 3 rings (SSSR count). The lowest BCUT2D eigenvalue weighted by Gasteiger charge is -2.24. The van der Waals surface area contributed by atoms with Crippen LogP contribution in [0.1, 0.15) is 43.3 Å². The van der Waals surface area contributed by atoms with Crippen LogP contribution in [0.2, 0.25) is 0 Å². The van der Waals surface area contributed by atoms with Gasteiger partial charge in [-0.2, -0.15) is 0 Å². The zero-order valence-corrected chi connectivity index (χ0v) is 10.6. The van der Waals surface area contributed by atoms with Gasteiger partial charge in [-0.05, 0) is 25.4 Å². The lowest BCUT2D eigenvalue weighted by atomic mass is 9.92. The van der Waals surface area contributed by atoms with E-state index in [1.54, 1.807) is 0 Å². The van der Waals surface area contributed by atoms with Crippen LogP contribution < -0.4 is 11.3 Å². The molecule has 1 heterocycles. The number of hydrogen-bond donors (Lipinski definition) is 1. The highest BCUT2D eigenvalue weighted by atomic mass is 16.2. The summed E-state index contributed by atoms with van der Waals surface area (Å²) in [6.45, 7) is -2.12. The minimum absolute atomic E-state index is 0.0754. The molecule has 2 aromatic rings. The van der Waals surface area contributed by atoms with Crippen LogP contribution in [0.5, 0.6) is 0 Å². The average molecular weight is 294 g/mol. The molecule has 108 valence electrons. The van der Waals surface area contributed by atoms with Crippen LogP contribution in [0.3, 0.4) is 0 Å². The van der Waals surface area contributed by atoms with Crippen molar-refractivity contribution in [3.8, 4) is 0 Å². The number of anilines is 1. The van der Waals surface area contributed by atoms with Crippen molar-refractivity contribution in [2.45, 2.75) is 32.1 Å². The third kappa shape index (κ3) is 2.12. The second-order valence-corrected chi connectivity index (χ2v) is 4.32. The van der Waals surface area contributed by atoms with Crippen molar-refractivity contribution in [1.29, 1.82) is 0 Å². The molecule has 2 N–H and O–H groups in total. The summed E-state index contributed by atoms with van der Waals surface area (Å²) in [5.74, 6) is -3.75. The third-order valence-corrected chi connectivity index (χ3v) is 2.95. The van der Waals surface area contributed by atoms with Gasteiger partial charge in [-0.15, -0.1) is 0 Å². The quantitative estimate of drug-likeness (QED) is 0.629. The predicted octanol–water partition coefficient (Wildman–Crippen LogP) is 1.15. The Labute approximate surface area is 133 Å². The van der Waals surface area contributed by atoms with Crippen LogP contribution in [0.15, 0.2) is 22.9 Å². The summed E-state index contributed by atoms with van der Waals surface area (Å²) >= 11 is 0. The zero-order chi connectivity index (χ0) is 23.0. The zero-order valence-electron chi connectivity index (χ0n) is 19.6. The number of nitrogen functional groups attached to an aromatic ring is 1. The predicted molar refractivity (Wildman–Crippen MR) is 78.1 cm³/mol. The number of aryl methyl sites for hydroxylation is 1. The molecular weight excluding hydrogens is 270 g/mol. The molecule has 1 aliphatic rings. The normalized spacial score (nSPS) is 33.9. The molecule has 21 heavy (non-hydrogen) atoms. The first-order chi connectivity index (χ1) is 13.6. The molecule has 6 nitrogen and oxygen atoms in total. The topological polar surface area (TPSA) is 95.0 Å². The van der Waals surface area contributed by atoms with Gasteiger partial charge in [-0.25, -0.2) is 4.98 Å². The Morgan fingerprint density at radius 3 is 3.14 bits per heavy atom. The Morgan fingerprint density at radius 2 is 2.38 bits per heavy atom. The molecule has 0 radical (unpaired) electrons. The van der Waals surface area contributed by atoms with E-state index in [1.807, 2.05) is 0 Å². The van der Waals surface area contributed by atoms with Crippen molar-refractivity contribution in [2.24, 2.45) is 0 Å². The van der Waals surface area contributed by atoms with Crippen LogP contribution in [0.4, 0.5) is 5.69 Å². The highest BCUT2D eigenvalue weighted by Gasteiger charge is 2.30. The minimum Gasteiger partial charge on any atom is -0.398 e. The monoisotopic (exact) mass is 294 g/mol. The van der Waals surface area contributed by atoms with Gasteiger partial charge in [0.15, 0.2) is 5.78 Å². The maximum Gasteiger partial charge on any atom is 0.264 e. The highest BCUT2D eigenvalue weighted by molar-refractivity contribution is 6.03. The maximum absolute atomic E-state index is 13.3. The smallest absolute Gasteiger partial charge is 0.264 e. The standard InChI is InChI=1S/C15H15N3O3/c1-8-17-11-4-2-3-10(16)14(11)15(21)18(8)12-6-5-9(19)7-13(12)20/h2-4,12H,5-7,16H2,1H3/i1D2,2D,3D,5D2,6D2,12D. The van der Waals surface area contributed by atoms with Gasteiger partial charge in [0.25, 0.3) is 5.56 Å². The van der Waals surface area contributed by atoms with Crippen molar-refractivity contribution in [3.05, 3.63) is 34.3 Å². The molecule has 1 saturated carbocycles. The Kier molecular flexibility index (Phi) is 1.49. The van der Waals surface area contributed by atoms with E-state index >= 15 is 0 Å². The number of fused-ring (bicyclic) bond motifs is 1. The van der Waals surface area contributed by atoms with E-state index in [1.165, 1.54) is 0 Å². The number of nitrogens with zero attached hydrogens (tertiary/aromatic N) is 2. The van der Waals surface area contributed by atoms with E-state index in [2.05, 4.69) is 4.98 Å². The number of carbonyl (C=O) groups excluding carboxylic acids is 2. The largest absolute Gasteiger partial charge is 0.398 e. The lowest BCUT2D eigenvalue weighted by Crippen LogP contribution is -2.36. The molecule has 0 bridgehead atoms. The van der Waals surface area contributed by atoms with Crippen molar-refractivity contribution in [2.75, 3.05) is 5.73 Å². The molecule has 0 spiro atoms. The second kappa shape index (κ2) is 4.80. The number of aromatic nitrogens is 2. The first kappa shape index (κ1) is 6.51.